The molecule has 0 heterocycles. The Morgan fingerprint density at radius 3 is 2.54 bits per heavy atom. The summed E-state index contributed by atoms with van der Waals surface area (Å²) in [6, 6.07) is 0.432. The molecule has 2 aliphatic rings. The maximum atomic E-state index is 11.5. The Hall–Kier alpha value is -0.570. The van der Waals surface area contributed by atoms with Crippen LogP contribution in [-0.4, -0.2) is 18.5 Å². The van der Waals surface area contributed by atoms with Crippen LogP contribution < -0.4 is 11.1 Å². The van der Waals surface area contributed by atoms with Crippen LogP contribution in [-0.2, 0) is 4.79 Å². The molecule has 0 aromatic heterocycles. The molecule has 0 aliphatic heterocycles. The SMILES string of the molecule is NCC1CC(NC(=O)C2CCC2)C1. The van der Waals surface area contributed by atoms with E-state index in [4.69, 9.17) is 5.73 Å². The lowest BCUT2D eigenvalue weighted by atomic mass is 9.79. The van der Waals surface area contributed by atoms with Gasteiger partial charge in [-0.1, -0.05) is 6.42 Å². The second-order valence-corrected chi connectivity index (χ2v) is 4.41. The van der Waals surface area contributed by atoms with Crippen LogP contribution in [0, 0.1) is 11.8 Å². The highest BCUT2D eigenvalue weighted by molar-refractivity contribution is 5.79. The van der Waals surface area contributed by atoms with E-state index in [-0.39, 0.29) is 5.91 Å². The molecule has 13 heavy (non-hydrogen) atoms. The first-order chi connectivity index (χ1) is 6.29. The van der Waals surface area contributed by atoms with E-state index in [1.165, 1.54) is 6.42 Å². The molecule has 3 N–H and O–H groups in total. The normalized spacial score (nSPS) is 33.3. The molecule has 0 saturated heterocycles. The van der Waals surface area contributed by atoms with Gasteiger partial charge in [-0.15, -0.1) is 0 Å². The predicted octanol–water partition coefficient (Wildman–Crippen LogP) is 0.640. The minimum absolute atomic E-state index is 0.284. The van der Waals surface area contributed by atoms with Gasteiger partial charge in [-0.25, -0.2) is 0 Å². The lowest BCUT2D eigenvalue weighted by Gasteiger charge is -2.37. The minimum atomic E-state index is 0.284. The summed E-state index contributed by atoms with van der Waals surface area (Å²) in [6.07, 6.45) is 5.61. The second kappa shape index (κ2) is 3.66. The molecule has 0 unspecified atom stereocenters. The summed E-state index contributed by atoms with van der Waals surface area (Å²) >= 11 is 0. The van der Waals surface area contributed by atoms with E-state index in [1.54, 1.807) is 0 Å². The number of hydrogen-bond donors (Lipinski definition) is 2. The Bertz CT molecular complexity index is 195. The van der Waals surface area contributed by atoms with Gasteiger partial charge >= 0.3 is 0 Å². The fourth-order valence-electron chi connectivity index (χ4n) is 2.04. The fourth-order valence-corrected chi connectivity index (χ4v) is 2.04. The molecule has 0 bridgehead atoms. The average Bonchev–Trinajstić information content (AvgIpc) is 1.92. The minimum Gasteiger partial charge on any atom is -0.353 e. The molecule has 2 fully saturated rings. The summed E-state index contributed by atoms with van der Waals surface area (Å²) in [4.78, 5) is 11.5. The predicted molar refractivity (Wildman–Crippen MR) is 51.1 cm³/mol. The number of carbonyl (C=O) groups is 1. The number of hydrogen-bond acceptors (Lipinski definition) is 2. The third-order valence-electron chi connectivity index (χ3n) is 3.39. The average molecular weight is 182 g/mol. The van der Waals surface area contributed by atoms with Gasteiger partial charge in [0.1, 0.15) is 0 Å². The number of nitrogens with two attached hydrogens (primary N) is 1. The number of rotatable bonds is 3. The molecule has 3 nitrogen and oxygen atoms in total. The van der Waals surface area contributed by atoms with Gasteiger partial charge in [0.25, 0.3) is 0 Å². The van der Waals surface area contributed by atoms with Crippen molar-refractivity contribution in [1.82, 2.24) is 5.32 Å². The van der Waals surface area contributed by atoms with Crippen LogP contribution in [0.2, 0.25) is 0 Å². The second-order valence-electron chi connectivity index (χ2n) is 4.41. The van der Waals surface area contributed by atoms with E-state index in [9.17, 15) is 4.79 Å². The van der Waals surface area contributed by atoms with Crippen LogP contribution in [0.4, 0.5) is 0 Å². The highest BCUT2D eigenvalue weighted by atomic mass is 16.2. The maximum Gasteiger partial charge on any atom is 0.223 e. The Morgan fingerprint density at radius 1 is 1.38 bits per heavy atom. The number of nitrogens with one attached hydrogen (secondary N) is 1. The van der Waals surface area contributed by atoms with Gasteiger partial charge in [0.05, 0.1) is 0 Å². The van der Waals surface area contributed by atoms with Crippen LogP contribution in [0.5, 0.6) is 0 Å². The van der Waals surface area contributed by atoms with Gasteiger partial charge < -0.3 is 11.1 Å². The van der Waals surface area contributed by atoms with E-state index < -0.39 is 0 Å². The van der Waals surface area contributed by atoms with Gasteiger partial charge in [0.2, 0.25) is 5.91 Å². The van der Waals surface area contributed by atoms with Gasteiger partial charge in [-0.3, -0.25) is 4.79 Å². The van der Waals surface area contributed by atoms with Crippen molar-refractivity contribution in [2.24, 2.45) is 17.6 Å². The topological polar surface area (TPSA) is 55.1 Å². The van der Waals surface area contributed by atoms with Crippen LogP contribution in [0.25, 0.3) is 0 Å². The monoisotopic (exact) mass is 182 g/mol. The maximum absolute atomic E-state index is 11.5. The lowest BCUT2D eigenvalue weighted by molar-refractivity contribution is -0.129. The molecule has 0 atom stereocenters. The Morgan fingerprint density at radius 2 is 2.08 bits per heavy atom. The van der Waals surface area contributed by atoms with Gasteiger partial charge in [0.15, 0.2) is 0 Å². The zero-order valence-corrected chi connectivity index (χ0v) is 7.96. The van der Waals surface area contributed by atoms with E-state index in [1.807, 2.05) is 0 Å². The molecule has 1 amide bonds. The Labute approximate surface area is 79.1 Å². The van der Waals surface area contributed by atoms with Crippen molar-refractivity contribution in [3.05, 3.63) is 0 Å². The molecule has 0 radical (unpaired) electrons. The van der Waals surface area contributed by atoms with Crippen molar-refractivity contribution in [3.8, 4) is 0 Å². The van der Waals surface area contributed by atoms with Crippen molar-refractivity contribution in [1.29, 1.82) is 0 Å². The Balaban J connectivity index is 1.65. The highest BCUT2D eigenvalue weighted by Crippen LogP contribution is 2.29. The van der Waals surface area contributed by atoms with Crippen molar-refractivity contribution in [3.63, 3.8) is 0 Å². The molecule has 74 valence electrons. The van der Waals surface area contributed by atoms with Crippen LogP contribution >= 0.6 is 0 Å². The molecule has 0 spiro atoms. The smallest absolute Gasteiger partial charge is 0.223 e. The fraction of sp³-hybridized carbons (Fsp3) is 0.900. The number of amides is 1. The summed E-state index contributed by atoms with van der Waals surface area (Å²) in [5.74, 6) is 1.27. The molecule has 2 aliphatic carbocycles. The van der Waals surface area contributed by atoms with E-state index in [0.717, 1.165) is 32.2 Å². The van der Waals surface area contributed by atoms with Gasteiger partial charge in [-0.2, -0.15) is 0 Å². The standard InChI is InChI=1S/C10H18N2O/c11-6-7-4-9(5-7)12-10(13)8-2-1-3-8/h7-9H,1-6,11H2,(H,12,13). The zero-order valence-electron chi connectivity index (χ0n) is 7.96. The number of carbonyl (C=O) groups excluding carboxylic acids is 1. The molecule has 2 rings (SSSR count). The molecular formula is C10H18N2O. The zero-order chi connectivity index (χ0) is 9.26. The quantitative estimate of drug-likeness (QED) is 0.673. The van der Waals surface area contributed by atoms with Crippen molar-refractivity contribution >= 4 is 5.91 Å². The largest absolute Gasteiger partial charge is 0.353 e. The summed E-state index contributed by atoms with van der Waals surface area (Å²) in [5, 5.41) is 3.09. The Kier molecular flexibility index (Phi) is 2.54. The first-order valence-electron chi connectivity index (χ1n) is 5.30. The molecular weight excluding hydrogens is 164 g/mol. The summed E-state index contributed by atoms with van der Waals surface area (Å²) in [7, 11) is 0. The van der Waals surface area contributed by atoms with Crippen molar-refractivity contribution in [2.45, 2.75) is 38.1 Å². The molecule has 2 saturated carbocycles. The van der Waals surface area contributed by atoms with Crippen LogP contribution in [0.3, 0.4) is 0 Å². The molecule has 0 aromatic carbocycles. The molecule has 0 aromatic rings. The first-order valence-corrected chi connectivity index (χ1v) is 5.30. The molecule has 3 heteroatoms. The summed E-state index contributed by atoms with van der Waals surface area (Å²) < 4.78 is 0. The van der Waals surface area contributed by atoms with Crippen molar-refractivity contribution < 1.29 is 4.79 Å². The van der Waals surface area contributed by atoms with Gasteiger partial charge in [0, 0.05) is 12.0 Å². The van der Waals surface area contributed by atoms with Crippen molar-refractivity contribution in [2.75, 3.05) is 6.54 Å². The van der Waals surface area contributed by atoms with E-state index >= 15 is 0 Å². The van der Waals surface area contributed by atoms with E-state index in [2.05, 4.69) is 5.32 Å². The van der Waals surface area contributed by atoms with E-state index in [0.29, 0.717) is 17.9 Å². The third-order valence-corrected chi connectivity index (χ3v) is 3.39. The summed E-state index contributed by atoms with van der Waals surface area (Å²) in [5.41, 5.74) is 5.51. The summed E-state index contributed by atoms with van der Waals surface area (Å²) in [6.45, 7) is 0.774. The van der Waals surface area contributed by atoms with Gasteiger partial charge in [-0.05, 0) is 38.1 Å². The third kappa shape index (κ3) is 1.85. The highest BCUT2D eigenvalue weighted by Gasteiger charge is 2.32. The first kappa shape index (κ1) is 9.00. The van der Waals surface area contributed by atoms with Crippen LogP contribution in [0.1, 0.15) is 32.1 Å². The lowest BCUT2D eigenvalue weighted by Crippen LogP contribution is -2.49. The van der Waals surface area contributed by atoms with Crippen LogP contribution in [0.15, 0.2) is 0 Å².